The molecule has 0 amide bonds. The first-order valence-electron chi connectivity index (χ1n) is 6.31. The normalized spacial score (nSPS) is 17.1. The standard InChI is InChI=1S/C15H18O3S/c1-11-13(9-10-14(11)16)15(2,3)19(17,18)12-7-5-4-6-8-12/h4-8H,9-10H2,1-3H3. The predicted molar refractivity (Wildman–Crippen MR) is 74.6 cm³/mol. The topological polar surface area (TPSA) is 51.2 Å². The van der Waals surface area contributed by atoms with Gasteiger partial charge in [0.25, 0.3) is 0 Å². The molecular weight excluding hydrogens is 260 g/mol. The summed E-state index contributed by atoms with van der Waals surface area (Å²) in [6.07, 6.45) is 0.971. The lowest BCUT2D eigenvalue weighted by atomic mass is 9.99. The Morgan fingerprint density at radius 1 is 1.05 bits per heavy atom. The molecular formula is C15H18O3S. The van der Waals surface area contributed by atoms with Gasteiger partial charge in [0, 0.05) is 6.42 Å². The van der Waals surface area contributed by atoms with E-state index in [2.05, 4.69) is 0 Å². The first-order chi connectivity index (χ1) is 8.78. The molecule has 0 aliphatic heterocycles. The predicted octanol–water partition coefficient (Wildman–Crippen LogP) is 2.92. The lowest BCUT2D eigenvalue weighted by Gasteiger charge is -2.27. The molecule has 19 heavy (non-hydrogen) atoms. The van der Waals surface area contributed by atoms with E-state index in [-0.39, 0.29) is 5.78 Å². The Labute approximate surface area is 114 Å². The summed E-state index contributed by atoms with van der Waals surface area (Å²) in [6, 6.07) is 8.41. The first-order valence-corrected chi connectivity index (χ1v) is 7.80. The third-order valence-corrected chi connectivity index (χ3v) is 6.41. The van der Waals surface area contributed by atoms with Crippen LogP contribution in [0.1, 0.15) is 33.6 Å². The second-order valence-corrected chi connectivity index (χ2v) is 7.85. The van der Waals surface area contributed by atoms with Gasteiger partial charge in [-0.3, -0.25) is 4.79 Å². The lowest BCUT2D eigenvalue weighted by Crippen LogP contribution is -2.34. The fourth-order valence-electron chi connectivity index (χ4n) is 2.59. The Morgan fingerprint density at radius 2 is 1.63 bits per heavy atom. The Hall–Kier alpha value is -1.42. The van der Waals surface area contributed by atoms with E-state index < -0.39 is 14.6 Å². The van der Waals surface area contributed by atoms with Crippen LogP contribution in [0.15, 0.2) is 46.4 Å². The molecule has 1 aromatic carbocycles. The minimum absolute atomic E-state index is 0.0614. The van der Waals surface area contributed by atoms with Crippen LogP contribution in [0.3, 0.4) is 0 Å². The maximum Gasteiger partial charge on any atom is 0.187 e. The lowest BCUT2D eigenvalue weighted by molar-refractivity contribution is -0.114. The molecule has 0 N–H and O–H groups in total. The van der Waals surface area contributed by atoms with E-state index in [1.165, 1.54) is 0 Å². The summed E-state index contributed by atoms with van der Waals surface area (Å²) < 4.78 is 24.5. The van der Waals surface area contributed by atoms with E-state index in [4.69, 9.17) is 0 Å². The molecule has 3 nitrogen and oxygen atoms in total. The number of hydrogen-bond donors (Lipinski definition) is 0. The molecule has 0 aromatic heterocycles. The van der Waals surface area contributed by atoms with Gasteiger partial charge in [0.2, 0.25) is 0 Å². The molecule has 1 aliphatic carbocycles. The summed E-state index contributed by atoms with van der Waals surface area (Å²) in [5, 5.41) is 0. The van der Waals surface area contributed by atoms with Crippen LogP contribution in [-0.2, 0) is 14.6 Å². The molecule has 1 aromatic rings. The molecule has 4 heteroatoms. The Kier molecular flexibility index (Phi) is 3.39. The molecule has 102 valence electrons. The molecule has 0 atom stereocenters. The highest BCUT2D eigenvalue weighted by atomic mass is 32.2. The van der Waals surface area contributed by atoms with Gasteiger partial charge < -0.3 is 0 Å². The highest BCUT2D eigenvalue weighted by Crippen LogP contribution is 2.39. The van der Waals surface area contributed by atoms with Crippen molar-refractivity contribution in [1.82, 2.24) is 0 Å². The smallest absolute Gasteiger partial charge is 0.187 e. The van der Waals surface area contributed by atoms with Gasteiger partial charge in [0.15, 0.2) is 15.6 Å². The van der Waals surface area contributed by atoms with Crippen LogP contribution in [0, 0.1) is 0 Å². The van der Waals surface area contributed by atoms with Crippen molar-refractivity contribution >= 4 is 15.6 Å². The average Bonchev–Trinajstić information content (AvgIpc) is 2.71. The second kappa shape index (κ2) is 4.60. The minimum atomic E-state index is -3.49. The van der Waals surface area contributed by atoms with Crippen LogP contribution in [-0.4, -0.2) is 18.9 Å². The Morgan fingerprint density at radius 3 is 2.11 bits per heavy atom. The number of ketones is 1. The average molecular weight is 278 g/mol. The number of rotatable bonds is 3. The van der Waals surface area contributed by atoms with Crippen molar-refractivity contribution in [3.05, 3.63) is 41.5 Å². The zero-order chi connectivity index (χ0) is 14.3. The SMILES string of the molecule is CC1=C(C(C)(C)S(=O)(=O)c2ccccc2)CCC1=O. The van der Waals surface area contributed by atoms with Crippen molar-refractivity contribution in [2.45, 2.75) is 43.3 Å². The summed E-state index contributed by atoms with van der Waals surface area (Å²) in [6.45, 7) is 5.10. The molecule has 0 heterocycles. The van der Waals surface area contributed by atoms with E-state index in [0.717, 1.165) is 5.57 Å². The van der Waals surface area contributed by atoms with Crippen molar-refractivity contribution in [2.75, 3.05) is 0 Å². The summed E-state index contributed by atoms with van der Waals surface area (Å²) in [4.78, 5) is 11.9. The van der Waals surface area contributed by atoms with Gasteiger partial charge in [0.05, 0.1) is 9.64 Å². The molecule has 0 saturated heterocycles. The number of carbonyl (C=O) groups excluding carboxylic acids is 1. The van der Waals surface area contributed by atoms with Crippen molar-refractivity contribution in [3.63, 3.8) is 0 Å². The monoisotopic (exact) mass is 278 g/mol. The number of Topliss-reactive ketones (excluding diaryl/α,β-unsaturated/α-hetero) is 1. The van der Waals surface area contributed by atoms with E-state index >= 15 is 0 Å². The number of carbonyl (C=O) groups is 1. The van der Waals surface area contributed by atoms with E-state index in [1.807, 2.05) is 0 Å². The fourth-order valence-corrected chi connectivity index (χ4v) is 4.28. The van der Waals surface area contributed by atoms with Gasteiger partial charge >= 0.3 is 0 Å². The summed E-state index contributed by atoms with van der Waals surface area (Å²) in [7, 11) is -3.49. The first kappa shape index (κ1) is 14.0. The van der Waals surface area contributed by atoms with Crippen molar-refractivity contribution in [2.24, 2.45) is 0 Å². The number of hydrogen-bond acceptors (Lipinski definition) is 3. The highest BCUT2D eigenvalue weighted by molar-refractivity contribution is 7.93. The summed E-state index contributed by atoms with van der Waals surface area (Å²) in [5.74, 6) is 0.0614. The Bertz CT molecular complexity index is 637. The molecule has 0 spiro atoms. The van der Waals surface area contributed by atoms with Crippen LogP contribution in [0.5, 0.6) is 0 Å². The summed E-state index contributed by atoms with van der Waals surface area (Å²) >= 11 is 0. The molecule has 0 fully saturated rings. The molecule has 0 radical (unpaired) electrons. The van der Waals surface area contributed by atoms with Crippen molar-refractivity contribution < 1.29 is 13.2 Å². The third-order valence-electron chi connectivity index (χ3n) is 3.93. The van der Waals surface area contributed by atoms with Crippen LogP contribution in [0.4, 0.5) is 0 Å². The largest absolute Gasteiger partial charge is 0.295 e. The van der Waals surface area contributed by atoms with Gasteiger partial charge in [-0.1, -0.05) is 18.2 Å². The Balaban J connectivity index is 2.55. The molecule has 2 rings (SSSR count). The fraction of sp³-hybridized carbons (Fsp3) is 0.400. The zero-order valence-electron chi connectivity index (χ0n) is 11.4. The van der Waals surface area contributed by atoms with Crippen LogP contribution in [0.25, 0.3) is 0 Å². The van der Waals surface area contributed by atoms with Gasteiger partial charge in [-0.15, -0.1) is 0 Å². The summed E-state index contributed by atoms with van der Waals surface area (Å²) in [5.41, 5.74) is 1.37. The van der Waals surface area contributed by atoms with E-state index in [1.54, 1.807) is 51.1 Å². The van der Waals surface area contributed by atoms with Gasteiger partial charge in [-0.05, 0) is 50.5 Å². The van der Waals surface area contributed by atoms with Crippen molar-refractivity contribution in [3.8, 4) is 0 Å². The highest BCUT2D eigenvalue weighted by Gasteiger charge is 2.42. The van der Waals surface area contributed by atoms with Gasteiger partial charge in [0.1, 0.15) is 0 Å². The van der Waals surface area contributed by atoms with Gasteiger partial charge in [-0.25, -0.2) is 8.42 Å². The minimum Gasteiger partial charge on any atom is -0.295 e. The maximum atomic E-state index is 12.7. The molecule has 0 bridgehead atoms. The quantitative estimate of drug-likeness (QED) is 0.854. The molecule has 0 unspecified atom stereocenters. The second-order valence-electron chi connectivity index (χ2n) is 5.35. The van der Waals surface area contributed by atoms with Crippen molar-refractivity contribution in [1.29, 1.82) is 0 Å². The molecule has 1 aliphatic rings. The zero-order valence-corrected chi connectivity index (χ0v) is 12.3. The third kappa shape index (κ3) is 2.14. The van der Waals surface area contributed by atoms with E-state index in [9.17, 15) is 13.2 Å². The number of sulfone groups is 1. The van der Waals surface area contributed by atoms with E-state index in [0.29, 0.717) is 23.3 Å². The molecule has 0 saturated carbocycles. The van der Waals surface area contributed by atoms with Crippen LogP contribution < -0.4 is 0 Å². The van der Waals surface area contributed by atoms with Crippen LogP contribution >= 0.6 is 0 Å². The maximum absolute atomic E-state index is 12.7. The van der Waals surface area contributed by atoms with Crippen LogP contribution in [0.2, 0.25) is 0 Å². The number of allylic oxidation sites excluding steroid dienone is 1. The van der Waals surface area contributed by atoms with Gasteiger partial charge in [-0.2, -0.15) is 0 Å². The number of benzene rings is 1.